The largest absolute Gasteiger partial charge is 0.361 e. The summed E-state index contributed by atoms with van der Waals surface area (Å²) in [6.07, 6.45) is 6.86. The normalized spacial score (nSPS) is 22.6. The lowest BCUT2D eigenvalue weighted by Gasteiger charge is -2.17. The summed E-state index contributed by atoms with van der Waals surface area (Å²) in [5, 5.41) is 11.7. The van der Waals surface area contributed by atoms with E-state index in [-0.39, 0.29) is 0 Å². The van der Waals surface area contributed by atoms with Crippen molar-refractivity contribution in [2.75, 3.05) is 19.8 Å². The summed E-state index contributed by atoms with van der Waals surface area (Å²) in [6, 6.07) is 0.549. The monoisotopic (exact) mass is 310 g/mol. The van der Waals surface area contributed by atoms with E-state index >= 15 is 0 Å². The van der Waals surface area contributed by atoms with E-state index < -0.39 is 0 Å². The summed E-state index contributed by atoms with van der Waals surface area (Å²) in [5.74, 6) is 1.81. The van der Waals surface area contributed by atoms with Gasteiger partial charge in [0, 0.05) is 30.4 Å². The molecule has 1 aromatic rings. The summed E-state index contributed by atoms with van der Waals surface area (Å²) >= 11 is 1.97. The topological polar surface area (TPSA) is 62.5 Å². The first-order chi connectivity index (χ1) is 10.1. The highest BCUT2D eigenvalue weighted by Gasteiger charge is 2.24. The van der Waals surface area contributed by atoms with Gasteiger partial charge in [0.25, 0.3) is 0 Å². The first-order valence-electron chi connectivity index (χ1n) is 7.55. The van der Waals surface area contributed by atoms with E-state index in [1.807, 2.05) is 32.7 Å². The Labute approximate surface area is 131 Å². The van der Waals surface area contributed by atoms with Crippen LogP contribution < -0.4 is 10.6 Å². The molecule has 5 nitrogen and oxygen atoms in total. The van der Waals surface area contributed by atoms with Gasteiger partial charge in [-0.05, 0) is 45.8 Å². The van der Waals surface area contributed by atoms with Gasteiger partial charge in [-0.2, -0.15) is 11.8 Å². The van der Waals surface area contributed by atoms with E-state index in [9.17, 15) is 0 Å². The van der Waals surface area contributed by atoms with Crippen LogP contribution in [-0.2, 0) is 6.42 Å². The summed E-state index contributed by atoms with van der Waals surface area (Å²) in [7, 11) is 1.83. The van der Waals surface area contributed by atoms with Crippen LogP contribution in [0.1, 0.15) is 36.3 Å². The molecule has 2 atom stereocenters. The first kappa shape index (κ1) is 16.2. The van der Waals surface area contributed by atoms with Crippen LogP contribution >= 0.6 is 11.8 Å². The number of thioether (sulfide) groups is 1. The molecule has 0 saturated heterocycles. The molecule has 0 aliphatic heterocycles. The number of aliphatic imine (C=N–C) groups is 1. The molecule has 1 saturated carbocycles. The maximum Gasteiger partial charge on any atom is 0.191 e. The van der Waals surface area contributed by atoms with E-state index in [0.717, 1.165) is 35.6 Å². The van der Waals surface area contributed by atoms with Crippen molar-refractivity contribution < 1.29 is 4.52 Å². The molecule has 2 unspecified atom stereocenters. The summed E-state index contributed by atoms with van der Waals surface area (Å²) in [4.78, 5) is 4.31. The third-order valence-electron chi connectivity index (χ3n) is 4.13. The highest BCUT2D eigenvalue weighted by atomic mass is 32.2. The molecule has 0 aromatic carbocycles. The van der Waals surface area contributed by atoms with Gasteiger partial charge in [0.2, 0.25) is 0 Å². The van der Waals surface area contributed by atoms with Gasteiger partial charge in [0.05, 0.1) is 5.69 Å². The molecule has 1 aliphatic rings. The van der Waals surface area contributed by atoms with E-state index in [1.54, 1.807) is 0 Å². The van der Waals surface area contributed by atoms with Crippen molar-refractivity contribution in [3.05, 3.63) is 17.0 Å². The summed E-state index contributed by atoms with van der Waals surface area (Å²) < 4.78 is 5.18. The fourth-order valence-corrected chi connectivity index (χ4v) is 3.63. The lowest BCUT2D eigenvalue weighted by atomic mass is 10.1. The fraction of sp³-hybridized carbons (Fsp3) is 0.733. The molecule has 1 fully saturated rings. The van der Waals surface area contributed by atoms with Crippen molar-refractivity contribution in [3.8, 4) is 0 Å². The maximum absolute atomic E-state index is 5.18. The molecule has 1 aliphatic carbocycles. The molecule has 6 heteroatoms. The zero-order chi connectivity index (χ0) is 15.2. The van der Waals surface area contributed by atoms with Crippen LogP contribution in [0.25, 0.3) is 0 Å². The molecule has 0 amide bonds. The van der Waals surface area contributed by atoms with E-state index in [2.05, 4.69) is 27.0 Å². The first-order valence-corrected chi connectivity index (χ1v) is 8.84. The molecular formula is C15H26N4OS. The molecule has 118 valence electrons. The van der Waals surface area contributed by atoms with Crippen molar-refractivity contribution in [1.29, 1.82) is 0 Å². The second kappa shape index (κ2) is 7.73. The third-order valence-corrected chi connectivity index (χ3v) is 5.23. The molecule has 0 radical (unpaired) electrons. The summed E-state index contributed by atoms with van der Waals surface area (Å²) in [6.45, 7) is 4.78. The Hall–Kier alpha value is -1.17. The van der Waals surface area contributed by atoms with Crippen LogP contribution in [0.2, 0.25) is 0 Å². The quantitative estimate of drug-likeness (QED) is 0.645. The number of aromatic nitrogens is 1. The summed E-state index contributed by atoms with van der Waals surface area (Å²) in [5.41, 5.74) is 2.18. The van der Waals surface area contributed by atoms with Gasteiger partial charge in [0.1, 0.15) is 5.76 Å². The zero-order valence-electron chi connectivity index (χ0n) is 13.4. The van der Waals surface area contributed by atoms with Crippen LogP contribution in [0.3, 0.4) is 0 Å². The molecular weight excluding hydrogens is 284 g/mol. The Balaban J connectivity index is 1.76. The van der Waals surface area contributed by atoms with Gasteiger partial charge < -0.3 is 15.2 Å². The second-order valence-corrected chi connectivity index (χ2v) is 6.70. The number of nitrogens with one attached hydrogen (secondary N) is 2. The van der Waals surface area contributed by atoms with Gasteiger partial charge in [-0.3, -0.25) is 4.99 Å². The van der Waals surface area contributed by atoms with Crippen molar-refractivity contribution in [2.24, 2.45) is 4.99 Å². The molecule has 21 heavy (non-hydrogen) atoms. The van der Waals surface area contributed by atoms with Gasteiger partial charge in [0.15, 0.2) is 5.96 Å². The number of guanidine groups is 1. The predicted molar refractivity (Wildman–Crippen MR) is 89.1 cm³/mol. The van der Waals surface area contributed by atoms with Gasteiger partial charge in [-0.1, -0.05) is 5.16 Å². The van der Waals surface area contributed by atoms with E-state index in [1.165, 1.54) is 24.8 Å². The smallest absolute Gasteiger partial charge is 0.191 e. The lowest BCUT2D eigenvalue weighted by molar-refractivity contribution is 0.392. The number of rotatable bonds is 5. The number of hydrogen-bond donors (Lipinski definition) is 2. The average Bonchev–Trinajstić information content (AvgIpc) is 3.06. The SMILES string of the molecule is CN=C(NCCc1c(C)noc1C)NC1CCC(SC)C1. The Kier molecular flexibility index (Phi) is 5.96. The minimum atomic E-state index is 0.549. The third kappa shape index (κ3) is 4.40. The molecule has 2 rings (SSSR count). The van der Waals surface area contributed by atoms with Gasteiger partial charge >= 0.3 is 0 Å². The zero-order valence-corrected chi connectivity index (χ0v) is 14.2. The highest BCUT2D eigenvalue weighted by molar-refractivity contribution is 7.99. The van der Waals surface area contributed by atoms with Crippen molar-refractivity contribution in [3.63, 3.8) is 0 Å². The van der Waals surface area contributed by atoms with Gasteiger partial charge in [-0.15, -0.1) is 0 Å². The Morgan fingerprint density at radius 3 is 2.81 bits per heavy atom. The van der Waals surface area contributed by atoms with Crippen molar-refractivity contribution in [1.82, 2.24) is 15.8 Å². The Morgan fingerprint density at radius 2 is 2.24 bits per heavy atom. The molecule has 0 spiro atoms. The fourth-order valence-electron chi connectivity index (χ4n) is 2.84. The molecule has 1 aromatic heterocycles. The minimum absolute atomic E-state index is 0.549. The lowest BCUT2D eigenvalue weighted by Crippen LogP contribution is -2.43. The average molecular weight is 310 g/mol. The maximum atomic E-state index is 5.18. The van der Waals surface area contributed by atoms with Crippen molar-refractivity contribution >= 4 is 17.7 Å². The van der Waals surface area contributed by atoms with Crippen LogP contribution in [-0.4, -0.2) is 42.3 Å². The number of hydrogen-bond acceptors (Lipinski definition) is 4. The predicted octanol–water partition coefficient (Wildman–Crippen LogP) is 2.28. The van der Waals surface area contributed by atoms with Crippen LogP contribution in [0.5, 0.6) is 0 Å². The second-order valence-electron chi connectivity index (χ2n) is 5.56. The van der Waals surface area contributed by atoms with Crippen LogP contribution in [0.15, 0.2) is 9.52 Å². The molecule has 0 bridgehead atoms. The Bertz CT molecular complexity index is 467. The molecule has 1 heterocycles. The van der Waals surface area contributed by atoms with E-state index in [4.69, 9.17) is 4.52 Å². The number of aryl methyl sites for hydroxylation is 2. The Morgan fingerprint density at radius 1 is 1.43 bits per heavy atom. The molecule has 2 N–H and O–H groups in total. The van der Waals surface area contributed by atoms with Crippen LogP contribution in [0.4, 0.5) is 0 Å². The van der Waals surface area contributed by atoms with E-state index in [0.29, 0.717) is 6.04 Å². The van der Waals surface area contributed by atoms with Crippen molar-refractivity contribution in [2.45, 2.75) is 50.8 Å². The highest BCUT2D eigenvalue weighted by Crippen LogP contribution is 2.27. The van der Waals surface area contributed by atoms with Crippen LogP contribution in [0, 0.1) is 13.8 Å². The standard InChI is InChI=1S/C15H26N4OS/c1-10-14(11(2)20-19-10)7-8-17-15(16-3)18-12-5-6-13(9-12)21-4/h12-13H,5-9H2,1-4H3,(H2,16,17,18). The minimum Gasteiger partial charge on any atom is -0.361 e. The number of nitrogens with zero attached hydrogens (tertiary/aromatic N) is 2. The van der Waals surface area contributed by atoms with Gasteiger partial charge in [-0.25, -0.2) is 0 Å².